The summed E-state index contributed by atoms with van der Waals surface area (Å²) in [4.78, 5) is 13.6. The predicted molar refractivity (Wildman–Crippen MR) is 71.2 cm³/mol. The number of aromatic nitrogens is 2. The minimum Gasteiger partial charge on any atom is -0.394 e. The maximum absolute atomic E-state index is 11.6. The zero-order chi connectivity index (χ0) is 13.3. The maximum atomic E-state index is 11.6. The summed E-state index contributed by atoms with van der Waals surface area (Å²) in [6, 6.07) is -0.262. The molecule has 6 nitrogen and oxygen atoms in total. The lowest BCUT2D eigenvalue weighted by atomic mass is 10.0. The molecule has 1 atom stereocenters. The van der Waals surface area contributed by atoms with Gasteiger partial charge in [0.25, 0.3) is 0 Å². The first-order valence-corrected chi connectivity index (χ1v) is 6.45. The third kappa shape index (κ3) is 2.02. The molecule has 4 N–H and O–H groups in total. The predicted octanol–water partition coefficient (Wildman–Crippen LogP) is 0.638. The summed E-state index contributed by atoms with van der Waals surface area (Å²) in [5.74, 6) is 0.564. The first-order chi connectivity index (χ1) is 8.56. The van der Waals surface area contributed by atoms with Gasteiger partial charge < -0.3 is 16.4 Å². The van der Waals surface area contributed by atoms with Crippen molar-refractivity contribution < 1.29 is 4.79 Å². The number of nitrogens with zero attached hydrogens (tertiary/aromatic N) is 3. The van der Waals surface area contributed by atoms with Gasteiger partial charge in [0.1, 0.15) is 6.04 Å². The molecule has 0 aliphatic carbocycles. The van der Waals surface area contributed by atoms with Crippen LogP contribution in [0.5, 0.6) is 0 Å². The second-order valence-electron chi connectivity index (χ2n) is 4.75. The maximum Gasteiger partial charge on any atom is 0.240 e. The zero-order valence-electron chi connectivity index (χ0n) is 11.0. The van der Waals surface area contributed by atoms with Gasteiger partial charge in [-0.3, -0.25) is 4.79 Å². The number of nitrogen functional groups attached to an aromatic ring is 1. The van der Waals surface area contributed by atoms with E-state index in [0.717, 1.165) is 43.9 Å². The summed E-state index contributed by atoms with van der Waals surface area (Å²) in [5.41, 5.74) is 13.1. The molecule has 0 saturated carbocycles. The number of hydrogen-bond donors (Lipinski definition) is 2. The van der Waals surface area contributed by atoms with Gasteiger partial charge in [0.15, 0.2) is 5.82 Å². The molecular weight excluding hydrogens is 230 g/mol. The van der Waals surface area contributed by atoms with Crippen LogP contribution in [-0.2, 0) is 11.3 Å². The van der Waals surface area contributed by atoms with Crippen molar-refractivity contribution in [1.29, 1.82) is 0 Å². The highest BCUT2D eigenvalue weighted by Gasteiger charge is 2.31. The number of piperidine rings is 1. The van der Waals surface area contributed by atoms with Crippen LogP contribution in [-0.4, -0.2) is 28.3 Å². The smallest absolute Gasteiger partial charge is 0.240 e. The van der Waals surface area contributed by atoms with E-state index in [1.807, 2.05) is 23.4 Å². The minimum atomic E-state index is -0.282. The molecule has 18 heavy (non-hydrogen) atoms. The molecule has 1 fully saturated rings. The summed E-state index contributed by atoms with van der Waals surface area (Å²) in [5, 5.41) is 4.40. The van der Waals surface area contributed by atoms with Gasteiger partial charge in [-0.1, -0.05) is 0 Å². The highest BCUT2D eigenvalue weighted by molar-refractivity contribution is 5.85. The molecule has 100 valence electrons. The summed E-state index contributed by atoms with van der Waals surface area (Å²) in [6.45, 7) is 5.44. The van der Waals surface area contributed by atoms with Crippen LogP contribution in [0, 0.1) is 6.92 Å². The monoisotopic (exact) mass is 251 g/mol. The number of anilines is 2. The quantitative estimate of drug-likeness (QED) is 0.824. The van der Waals surface area contributed by atoms with Crippen LogP contribution in [0.15, 0.2) is 0 Å². The van der Waals surface area contributed by atoms with E-state index in [2.05, 4.69) is 5.10 Å². The fraction of sp³-hybridized carbons (Fsp3) is 0.667. The summed E-state index contributed by atoms with van der Waals surface area (Å²) >= 11 is 0. The van der Waals surface area contributed by atoms with Crippen LogP contribution < -0.4 is 16.4 Å². The molecule has 1 saturated heterocycles. The Morgan fingerprint density at radius 1 is 1.50 bits per heavy atom. The lowest BCUT2D eigenvalue weighted by Gasteiger charge is -2.35. The molecule has 0 bridgehead atoms. The molecule has 0 radical (unpaired) electrons. The molecule has 0 spiro atoms. The van der Waals surface area contributed by atoms with Gasteiger partial charge in [0, 0.05) is 13.1 Å². The van der Waals surface area contributed by atoms with Crippen molar-refractivity contribution in [1.82, 2.24) is 9.78 Å². The van der Waals surface area contributed by atoms with Gasteiger partial charge >= 0.3 is 0 Å². The Hall–Kier alpha value is -1.72. The molecule has 6 heteroatoms. The first kappa shape index (κ1) is 12.7. The first-order valence-electron chi connectivity index (χ1n) is 6.45. The van der Waals surface area contributed by atoms with Gasteiger partial charge in [-0.05, 0) is 33.1 Å². The van der Waals surface area contributed by atoms with Crippen molar-refractivity contribution in [3.63, 3.8) is 0 Å². The van der Waals surface area contributed by atoms with E-state index in [1.165, 1.54) is 0 Å². The van der Waals surface area contributed by atoms with Crippen LogP contribution in [0.4, 0.5) is 11.5 Å². The number of aryl methyl sites for hydroxylation is 2. The topological polar surface area (TPSA) is 90.2 Å². The second-order valence-corrected chi connectivity index (χ2v) is 4.75. The molecule has 1 aromatic rings. The van der Waals surface area contributed by atoms with Crippen LogP contribution in [0.3, 0.4) is 0 Å². The summed E-state index contributed by atoms with van der Waals surface area (Å²) in [6.07, 6.45) is 2.88. The van der Waals surface area contributed by atoms with Gasteiger partial charge in [-0.2, -0.15) is 5.10 Å². The van der Waals surface area contributed by atoms with Crippen molar-refractivity contribution in [2.75, 3.05) is 17.2 Å². The number of amides is 1. The molecule has 1 aromatic heterocycles. The number of primary amides is 1. The standard InChI is InChI=1S/C12H21N5O/c1-3-17-12(10(13)8(2)15-17)16-7-5-4-6-9(16)11(14)18/h9H,3-7,13H2,1-2H3,(H2,14,18). The van der Waals surface area contributed by atoms with Gasteiger partial charge in [0.2, 0.25) is 5.91 Å². The van der Waals surface area contributed by atoms with Gasteiger partial charge in [-0.25, -0.2) is 4.68 Å². The number of nitrogens with two attached hydrogens (primary N) is 2. The van der Waals surface area contributed by atoms with Crippen LogP contribution in [0.1, 0.15) is 31.9 Å². The lowest BCUT2D eigenvalue weighted by molar-refractivity contribution is -0.119. The largest absolute Gasteiger partial charge is 0.394 e. The zero-order valence-corrected chi connectivity index (χ0v) is 11.0. The average Bonchev–Trinajstić information content (AvgIpc) is 2.65. The van der Waals surface area contributed by atoms with E-state index in [9.17, 15) is 4.79 Å². The number of hydrogen-bond acceptors (Lipinski definition) is 4. The SMILES string of the molecule is CCn1nc(C)c(N)c1N1CCCCC1C(N)=O. The fourth-order valence-corrected chi connectivity index (χ4v) is 2.59. The van der Waals surface area contributed by atoms with Crippen LogP contribution in [0.25, 0.3) is 0 Å². The fourth-order valence-electron chi connectivity index (χ4n) is 2.59. The molecule has 1 aliphatic heterocycles. The number of carbonyl (C=O) groups excluding carboxylic acids is 1. The Kier molecular flexibility index (Phi) is 3.45. The van der Waals surface area contributed by atoms with E-state index in [-0.39, 0.29) is 11.9 Å². The molecular formula is C12H21N5O. The number of carbonyl (C=O) groups is 1. The Balaban J connectivity index is 2.42. The van der Waals surface area contributed by atoms with Gasteiger partial charge in [0.05, 0.1) is 11.4 Å². The van der Waals surface area contributed by atoms with Crippen molar-refractivity contribution in [2.24, 2.45) is 5.73 Å². The lowest BCUT2D eigenvalue weighted by Crippen LogP contribution is -2.48. The Labute approximate surface area is 107 Å². The normalized spacial score (nSPS) is 20.1. The Morgan fingerprint density at radius 3 is 2.83 bits per heavy atom. The molecule has 0 aromatic carbocycles. The van der Waals surface area contributed by atoms with Crippen LogP contribution in [0.2, 0.25) is 0 Å². The molecule has 1 aliphatic rings. The Bertz CT molecular complexity index is 454. The average molecular weight is 251 g/mol. The van der Waals surface area contributed by atoms with Crippen molar-refractivity contribution in [3.05, 3.63) is 5.69 Å². The van der Waals surface area contributed by atoms with Gasteiger partial charge in [-0.15, -0.1) is 0 Å². The second kappa shape index (κ2) is 4.88. The third-order valence-electron chi connectivity index (χ3n) is 3.55. The van der Waals surface area contributed by atoms with E-state index in [4.69, 9.17) is 11.5 Å². The van der Waals surface area contributed by atoms with Crippen molar-refractivity contribution in [2.45, 2.75) is 45.7 Å². The van der Waals surface area contributed by atoms with E-state index < -0.39 is 0 Å². The van der Waals surface area contributed by atoms with E-state index in [0.29, 0.717) is 5.69 Å². The number of rotatable bonds is 3. The minimum absolute atomic E-state index is 0.262. The van der Waals surface area contributed by atoms with E-state index in [1.54, 1.807) is 0 Å². The summed E-state index contributed by atoms with van der Waals surface area (Å²) in [7, 11) is 0. The summed E-state index contributed by atoms with van der Waals surface area (Å²) < 4.78 is 1.85. The highest BCUT2D eigenvalue weighted by atomic mass is 16.1. The molecule has 2 rings (SSSR count). The molecule has 1 unspecified atom stereocenters. The highest BCUT2D eigenvalue weighted by Crippen LogP contribution is 2.31. The van der Waals surface area contributed by atoms with E-state index >= 15 is 0 Å². The van der Waals surface area contributed by atoms with Crippen molar-refractivity contribution in [3.8, 4) is 0 Å². The molecule has 2 heterocycles. The van der Waals surface area contributed by atoms with Crippen molar-refractivity contribution >= 4 is 17.4 Å². The molecule has 1 amide bonds. The Morgan fingerprint density at radius 2 is 2.22 bits per heavy atom. The van der Waals surface area contributed by atoms with Crippen LogP contribution >= 0.6 is 0 Å². The third-order valence-corrected chi connectivity index (χ3v) is 3.55.